The van der Waals surface area contributed by atoms with Crippen LogP contribution in [0, 0.1) is 0 Å². The maximum absolute atomic E-state index is 12.0. The van der Waals surface area contributed by atoms with Gasteiger partial charge in [0.05, 0.1) is 11.9 Å². The molecule has 0 unspecified atom stereocenters. The Morgan fingerprint density at radius 1 is 0.897 bits per heavy atom. The van der Waals surface area contributed by atoms with Crippen LogP contribution in [0.5, 0.6) is 11.6 Å². The second-order valence-corrected chi connectivity index (χ2v) is 6.42. The number of nitrogens with zero attached hydrogens (tertiary/aromatic N) is 1. The second kappa shape index (κ2) is 10.1. The van der Waals surface area contributed by atoms with Crippen molar-refractivity contribution in [3.8, 4) is 11.6 Å². The van der Waals surface area contributed by atoms with Gasteiger partial charge >= 0.3 is 6.03 Å². The number of amides is 3. The minimum absolute atomic E-state index is 0.130. The first kappa shape index (κ1) is 20.2. The molecule has 7 nitrogen and oxygen atoms in total. The molecule has 0 aliphatic heterocycles. The van der Waals surface area contributed by atoms with Gasteiger partial charge in [0.15, 0.2) is 0 Å². The Kier molecular flexibility index (Phi) is 7.02. The molecule has 0 aliphatic carbocycles. The molecule has 3 amide bonds. The van der Waals surface area contributed by atoms with E-state index in [0.29, 0.717) is 28.0 Å². The predicted molar refractivity (Wildman–Crippen MR) is 112 cm³/mol. The lowest BCUT2D eigenvalue weighted by molar-refractivity contribution is -0.116. The van der Waals surface area contributed by atoms with Crippen molar-refractivity contribution < 1.29 is 14.3 Å². The van der Waals surface area contributed by atoms with Crippen LogP contribution < -0.4 is 20.7 Å². The monoisotopic (exact) mass is 410 g/mol. The van der Waals surface area contributed by atoms with E-state index >= 15 is 0 Å². The molecule has 29 heavy (non-hydrogen) atoms. The van der Waals surface area contributed by atoms with E-state index in [1.54, 1.807) is 48.5 Å². The maximum Gasteiger partial charge on any atom is 0.319 e. The third-order valence-electron chi connectivity index (χ3n) is 3.73. The fourth-order valence-electron chi connectivity index (χ4n) is 2.35. The van der Waals surface area contributed by atoms with Gasteiger partial charge in [0.2, 0.25) is 11.8 Å². The van der Waals surface area contributed by atoms with Crippen molar-refractivity contribution >= 4 is 34.9 Å². The summed E-state index contributed by atoms with van der Waals surface area (Å²) in [5.41, 5.74) is 1.22. The number of rotatable bonds is 7. The third kappa shape index (κ3) is 6.82. The number of hydrogen-bond donors (Lipinski definition) is 3. The molecule has 1 aromatic heterocycles. The van der Waals surface area contributed by atoms with E-state index in [9.17, 15) is 9.59 Å². The van der Waals surface area contributed by atoms with E-state index < -0.39 is 0 Å². The van der Waals surface area contributed by atoms with Crippen molar-refractivity contribution in [2.24, 2.45) is 0 Å². The number of nitrogens with one attached hydrogen (secondary N) is 3. The van der Waals surface area contributed by atoms with E-state index in [1.165, 1.54) is 6.20 Å². The zero-order chi connectivity index (χ0) is 20.5. The number of urea groups is 1. The number of ether oxygens (including phenoxy) is 1. The molecule has 0 atom stereocenters. The van der Waals surface area contributed by atoms with Gasteiger partial charge in [-0.15, -0.1) is 0 Å². The molecule has 0 radical (unpaired) electrons. The van der Waals surface area contributed by atoms with E-state index in [0.717, 1.165) is 0 Å². The molecular formula is C21H19ClN4O3. The Balaban J connectivity index is 1.40. The lowest BCUT2D eigenvalue weighted by Crippen LogP contribution is -2.31. The van der Waals surface area contributed by atoms with Gasteiger partial charge in [-0.25, -0.2) is 9.78 Å². The Morgan fingerprint density at radius 2 is 1.66 bits per heavy atom. The van der Waals surface area contributed by atoms with E-state index in [1.807, 2.05) is 18.2 Å². The first-order chi connectivity index (χ1) is 14.1. The summed E-state index contributed by atoms with van der Waals surface area (Å²) < 4.78 is 5.60. The maximum atomic E-state index is 12.0. The highest BCUT2D eigenvalue weighted by Gasteiger charge is 2.06. The first-order valence-corrected chi connectivity index (χ1v) is 9.25. The molecule has 0 aliphatic rings. The van der Waals surface area contributed by atoms with Crippen LogP contribution in [0.4, 0.5) is 16.2 Å². The van der Waals surface area contributed by atoms with Crippen LogP contribution >= 0.6 is 11.6 Å². The average molecular weight is 411 g/mol. The quantitative estimate of drug-likeness (QED) is 0.527. The third-order valence-corrected chi connectivity index (χ3v) is 3.98. The Labute approximate surface area is 173 Å². The first-order valence-electron chi connectivity index (χ1n) is 8.88. The number of anilines is 2. The summed E-state index contributed by atoms with van der Waals surface area (Å²) in [5, 5.41) is 8.65. The van der Waals surface area contributed by atoms with Crippen LogP contribution in [0.15, 0.2) is 72.9 Å². The van der Waals surface area contributed by atoms with Crippen LogP contribution in [0.1, 0.15) is 6.42 Å². The Hall–Kier alpha value is -3.58. The minimum Gasteiger partial charge on any atom is -0.439 e. The van der Waals surface area contributed by atoms with E-state index in [2.05, 4.69) is 20.9 Å². The van der Waals surface area contributed by atoms with Gasteiger partial charge in [-0.1, -0.05) is 29.8 Å². The van der Waals surface area contributed by atoms with Crippen molar-refractivity contribution in [2.75, 3.05) is 17.2 Å². The Morgan fingerprint density at radius 3 is 2.34 bits per heavy atom. The predicted octanol–water partition coefficient (Wildman–Crippen LogP) is 4.68. The molecule has 3 rings (SSSR count). The molecule has 3 aromatic rings. The highest BCUT2D eigenvalue weighted by molar-refractivity contribution is 6.30. The molecule has 8 heteroatoms. The van der Waals surface area contributed by atoms with Crippen molar-refractivity contribution in [1.82, 2.24) is 10.3 Å². The topological polar surface area (TPSA) is 92.4 Å². The number of pyridine rings is 1. The summed E-state index contributed by atoms with van der Waals surface area (Å²) in [7, 11) is 0. The van der Waals surface area contributed by atoms with E-state index in [-0.39, 0.29) is 24.9 Å². The van der Waals surface area contributed by atoms with Gasteiger partial charge in [0.1, 0.15) is 5.75 Å². The van der Waals surface area contributed by atoms with Gasteiger partial charge in [0.25, 0.3) is 0 Å². The molecule has 0 bridgehead atoms. The SMILES string of the molecule is O=C(CCNC(=O)Nc1ccccc1)Nc1ccc(Oc2ccc(Cl)cc2)nc1. The van der Waals surface area contributed by atoms with Gasteiger partial charge in [-0.05, 0) is 42.5 Å². The number of hydrogen-bond acceptors (Lipinski definition) is 4. The van der Waals surface area contributed by atoms with Crippen molar-refractivity contribution in [3.05, 3.63) is 77.9 Å². The zero-order valence-corrected chi connectivity index (χ0v) is 16.1. The van der Waals surface area contributed by atoms with E-state index in [4.69, 9.17) is 16.3 Å². The smallest absolute Gasteiger partial charge is 0.319 e. The van der Waals surface area contributed by atoms with Gasteiger partial charge in [-0.2, -0.15) is 0 Å². The van der Waals surface area contributed by atoms with Gasteiger partial charge in [0, 0.05) is 29.7 Å². The molecular weight excluding hydrogens is 392 g/mol. The number of benzene rings is 2. The molecule has 1 heterocycles. The fraction of sp³-hybridized carbons (Fsp3) is 0.0952. The summed E-state index contributed by atoms with van der Waals surface area (Å²) >= 11 is 5.84. The Bertz CT molecular complexity index is 948. The molecule has 0 fully saturated rings. The standard InChI is InChI=1S/C21H19ClN4O3/c22-15-6-9-18(10-7-15)29-20-11-8-17(14-24-20)25-19(27)12-13-23-21(28)26-16-4-2-1-3-5-16/h1-11,14H,12-13H2,(H,25,27)(H2,23,26,28). The van der Waals surface area contributed by atoms with Crippen LogP contribution in [0.2, 0.25) is 5.02 Å². The van der Waals surface area contributed by atoms with Crippen LogP contribution in [-0.2, 0) is 4.79 Å². The summed E-state index contributed by atoms with van der Waals surface area (Å²) in [6.45, 7) is 0.204. The van der Waals surface area contributed by atoms with Gasteiger partial charge in [-0.3, -0.25) is 4.79 Å². The minimum atomic E-state index is -0.366. The molecule has 0 saturated heterocycles. The zero-order valence-electron chi connectivity index (χ0n) is 15.4. The number of para-hydroxylation sites is 1. The normalized spacial score (nSPS) is 10.1. The summed E-state index contributed by atoms with van der Waals surface area (Å²) in [5.74, 6) is 0.765. The van der Waals surface area contributed by atoms with Crippen molar-refractivity contribution in [2.45, 2.75) is 6.42 Å². The number of carbonyl (C=O) groups excluding carboxylic acids is 2. The molecule has 0 spiro atoms. The van der Waals surface area contributed by atoms with Gasteiger partial charge < -0.3 is 20.7 Å². The highest BCUT2D eigenvalue weighted by Crippen LogP contribution is 2.22. The highest BCUT2D eigenvalue weighted by atomic mass is 35.5. The largest absolute Gasteiger partial charge is 0.439 e. The molecule has 0 saturated carbocycles. The summed E-state index contributed by atoms with van der Waals surface area (Å²) in [4.78, 5) is 27.9. The lowest BCUT2D eigenvalue weighted by Gasteiger charge is -2.09. The molecule has 3 N–H and O–H groups in total. The van der Waals surface area contributed by atoms with Crippen molar-refractivity contribution in [1.29, 1.82) is 0 Å². The van der Waals surface area contributed by atoms with Crippen LogP contribution in [-0.4, -0.2) is 23.5 Å². The lowest BCUT2D eigenvalue weighted by atomic mass is 10.3. The summed E-state index contributed by atoms with van der Waals surface area (Å²) in [6.07, 6.45) is 1.63. The number of halogens is 1. The van der Waals surface area contributed by atoms with Crippen molar-refractivity contribution in [3.63, 3.8) is 0 Å². The number of aromatic nitrogens is 1. The van der Waals surface area contributed by atoms with Crippen LogP contribution in [0.3, 0.4) is 0 Å². The average Bonchev–Trinajstić information content (AvgIpc) is 2.72. The van der Waals surface area contributed by atoms with Crippen LogP contribution in [0.25, 0.3) is 0 Å². The second-order valence-electron chi connectivity index (χ2n) is 5.99. The number of carbonyl (C=O) groups is 2. The fourth-order valence-corrected chi connectivity index (χ4v) is 2.47. The molecule has 2 aromatic carbocycles. The molecule has 148 valence electrons. The summed E-state index contributed by atoms with van der Waals surface area (Å²) in [6, 6.07) is 18.9.